The Balaban J connectivity index is 2.92. The summed E-state index contributed by atoms with van der Waals surface area (Å²) in [5.74, 6) is 0.168. The number of nitrogens with two attached hydrogens (primary N) is 1. The van der Waals surface area contributed by atoms with E-state index in [0.29, 0.717) is 5.56 Å². The number of carbonyl (C=O) groups is 1. The van der Waals surface area contributed by atoms with Crippen LogP contribution in [0.3, 0.4) is 0 Å². The molecule has 1 aromatic rings. The van der Waals surface area contributed by atoms with Gasteiger partial charge in [0.1, 0.15) is 5.60 Å². The van der Waals surface area contributed by atoms with E-state index in [1.54, 1.807) is 32.9 Å². The molecule has 0 atom stereocenters. The van der Waals surface area contributed by atoms with Gasteiger partial charge in [-0.05, 0) is 32.9 Å². The summed E-state index contributed by atoms with van der Waals surface area (Å²) in [6.07, 6.45) is -0.656. The van der Waals surface area contributed by atoms with Crippen molar-refractivity contribution in [2.24, 2.45) is 10.8 Å². The number of benzene rings is 1. The molecule has 6 nitrogen and oxygen atoms in total. The van der Waals surface area contributed by atoms with Gasteiger partial charge in [0.25, 0.3) is 0 Å². The van der Waals surface area contributed by atoms with Crippen molar-refractivity contribution in [1.29, 1.82) is 0 Å². The van der Waals surface area contributed by atoms with Crippen LogP contribution in [0.5, 0.6) is 0 Å². The van der Waals surface area contributed by atoms with Gasteiger partial charge in [0, 0.05) is 10.0 Å². The average Bonchev–Trinajstić information content (AvgIpc) is 2.36. The van der Waals surface area contributed by atoms with E-state index in [-0.39, 0.29) is 19.0 Å². The fraction of sp³-hybridized carbons (Fsp3) is 0.429. The summed E-state index contributed by atoms with van der Waals surface area (Å²) < 4.78 is 6.13. The van der Waals surface area contributed by atoms with Gasteiger partial charge >= 0.3 is 6.09 Å². The van der Waals surface area contributed by atoms with Gasteiger partial charge in [0.2, 0.25) is 0 Å². The van der Waals surface area contributed by atoms with Crippen LogP contribution < -0.4 is 5.73 Å². The quantitative estimate of drug-likeness (QED) is 0.491. The molecule has 1 aromatic carbocycles. The molecule has 0 aliphatic rings. The molecule has 0 spiro atoms. The third-order valence-electron chi connectivity index (χ3n) is 2.28. The van der Waals surface area contributed by atoms with E-state index in [1.165, 1.54) is 0 Å². The smallest absolute Gasteiger partial charge is 0.431 e. The van der Waals surface area contributed by atoms with Gasteiger partial charge in [-0.25, -0.2) is 4.79 Å². The Bertz CT molecular complexity index is 509. The number of hydrogen-bond donors (Lipinski definition) is 2. The lowest BCUT2D eigenvalue weighted by molar-refractivity contribution is 0.0224. The van der Waals surface area contributed by atoms with Crippen molar-refractivity contribution in [3.63, 3.8) is 0 Å². The van der Waals surface area contributed by atoms with Crippen molar-refractivity contribution in [1.82, 2.24) is 5.01 Å². The minimum Gasteiger partial charge on any atom is -0.442 e. The van der Waals surface area contributed by atoms with Crippen LogP contribution in [-0.4, -0.2) is 40.8 Å². The highest BCUT2D eigenvalue weighted by Crippen LogP contribution is 2.12. The molecule has 0 unspecified atom stereocenters. The molecule has 21 heavy (non-hydrogen) atoms. The molecular weight excluding hydrogens is 338 g/mol. The summed E-state index contributed by atoms with van der Waals surface area (Å²) in [5, 5.41) is 14.1. The Labute approximate surface area is 132 Å². The first-order valence-electron chi connectivity index (χ1n) is 6.44. The third-order valence-corrected chi connectivity index (χ3v) is 2.81. The van der Waals surface area contributed by atoms with Crippen molar-refractivity contribution in [3.8, 4) is 0 Å². The number of amidine groups is 1. The highest BCUT2D eigenvalue weighted by Gasteiger charge is 2.22. The molecule has 0 radical (unpaired) electrons. The number of ether oxygens (including phenoxy) is 1. The number of amides is 1. The van der Waals surface area contributed by atoms with E-state index in [9.17, 15) is 4.79 Å². The second kappa shape index (κ2) is 7.42. The lowest BCUT2D eigenvalue weighted by Crippen LogP contribution is -2.36. The number of nitrogens with zero attached hydrogens (tertiary/aromatic N) is 2. The molecular formula is C14H20BrN3O3. The summed E-state index contributed by atoms with van der Waals surface area (Å²) in [6.45, 7) is 5.03. The molecule has 3 N–H and O–H groups in total. The predicted molar refractivity (Wildman–Crippen MR) is 84.9 cm³/mol. The highest BCUT2D eigenvalue weighted by atomic mass is 79.9. The molecule has 0 saturated carbocycles. The van der Waals surface area contributed by atoms with Gasteiger partial charge in [-0.1, -0.05) is 28.1 Å². The van der Waals surface area contributed by atoms with Gasteiger partial charge < -0.3 is 15.6 Å². The Morgan fingerprint density at radius 3 is 2.43 bits per heavy atom. The van der Waals surface area contributed by atoms with Crippen LogP contribution in [0.4, 0.5) is 4.79 Å². The van der Waals surface area contributed by atoms with Crippen LogP contribution in [0.2, 0.25) is 0 Å². The van der Waals surface area contributed by atoms with Crippen LogP contribution in [0, 0.1) is 0 Å². The van der Waals surface area contributed by atoms with E-state index in [0.717, 1.165) is 9.48 Å². The molecule has 0 bridgehead atoms. The first-order valence-corrected chi connectivity index (χ1v) is 7.23. The van der Waals surface area contributed by atoms with E-state index < -0.39 is 11.7 Å². The summed E-state index contributed by atoms with van der Waals surface area (Å²) in [7, 11) is 0. The molecule has 1 amide bonds. The van der Waals surface area contributed by atoms with E-state index >= 15 is 0 Å². The van der Waals surface area contributed by atoms with Crippen molar-refractivity contribution in [2.45, 2.75) is 26.4 Å². The topological polar surface area (TPSA) is 88.1 Å². The van der Waals surface area contributed by atoms with Gasteiger partial charge in [0.15, 0.2) is 5.84 Å². The number of hydrogen-bond acceptors (Lipinski definition) is 4. The lowest BCUT2D eigenvalue weighted by atomic mass is 10.2. The second-order valence-electron chi connectivity index (χ2n) is 5.32. The van der Waals surface area contributed by atoms with Gasteiger partial charge in [-0.2, -0.15) is 5.01 Å². The number of rotatable bonds is 4. The normalized spacial score (nSPS) is 12.1. The highest BCUT2D eigenvalue weighted by molar-refractivity contribution is 9.10. The number of halogens is 1. The number of aliphatic hydroxyl groups excluding tert-OH is 1. The zero-order chi connectivity index (χ0) is 16.0. The fourth-order valence-electron chi connectivity index (χ4n) is 1.40. The molecule has 0 fully saturated rings. The molecule has 0 saturated heterocycles. The van der Waals surface area contributed by atoms with Crippen LogP contribution in [-0.2, 0) is 4.74 Å². The summed E-state index contributed by atoms with van der Waals surface area (Å²) in [4.78, 5) is 12.0. The maximum Gasteiger partial charge on any atom is 0.431 e. The van der Waals surface area contributed by atoms with Crippen molar-refractivity contribution >= 4 is 27.9 Å². The number of carbonyl (C=O) groups excluding carboxylic acids is 1. The number of aliphatic hydroxyl groups is 1. The minimum atomic E-state index is -0.656. The molecule has 116 valence electrons. The van der Waals surface area contributed by atoms with E-state index in [2.05, 4.69) is 21.0 Å². The summed E-state index contributed by atoms with van der Waals surface area (Å²) >= 11 is 3.33. The molecule has 0 aromatic heterocycles. The Hall–Kier alpha value is -1.60. The Morgan fingerprint density at radius 1 is 1.38 bits per heavy atom. The van der Waals surface area contributed by atoms with Gasteiger partial charge in [0.05, 0.1) is 13.2 Å². The van der Waals surface area contributed by atoms with Crippen LogP contribution in [0.25, 0.3) is 0 Å². The fourth-order valence-corrected chi connectivity index (χ4v) is 1.66. The van der Waals surface area contributed by atoms with Crippen LogP contribution in [0.1, 0.15) is 26.3 Å². The lowest BCUT2D eigenvalue weighted by Gasteiger charge is -2.24. The maximum atomic E-state index is 12.0. The molecule has 0 aliphatic carbocycles. The van der Waals surface area contributed by atoms with E-state index in [4.69, 9.17) is 15.6 Å². The minimum absolute atomic E-state index is 0.00609. The predicted octanol–water partition coefficient (Wildman–Crippen LogP) is 2.30. The molecule has 0 heterocycles. The van der Waals surface area contributed by atoms with E-state index in [1.807, 2.05) is 12.1 Å². The monoisotopic (exact) mass is 357 g/mol. The second-order valence-corrected chi connectivity index (χ2v) is 6.23. The van der Waals surface area contributed by atoms with Gasteiger partial charge in [-0.15, -0.1) is 5.10 Å². The molecule has 1 rings (SSSR count). The molecule has 7 heteroatoms. The first-order chi connectivity index (χ1) is 9.73. The standard InChI is InChI=1S/C14H20BrN3O3/c1-14(2,3)21-13(20)18(8-9-19)17-12(16)10-4-6-11(15)7-5-10/h4-7,19H,8-9H2,1-3H3,(H2,16,17). The maximum absolute atomic E-state index is 12.0. The van der Waals surface area contributed by atoms with Crippen molar-refractivity contribution < 1.29 is 14.6 Å². The van der Waals surface area contributed by atoms with Gasteiger partial charge in [-0.3, -0.25) is 0 Å². The zero-order valence-electron chi connectivity index (χ0n) is 12.3. The number of hydrazone groups is 1. The zero-order valence-corrected chi connectivity index (χ0v) is 13.9. The average molecular weight is 358 g/mol. The van der Waals surface area contributed by atoms with Crippen LogP contribution >= 0.6 is 15.9 Å². The largest absolute Gasteiger partial charge is 0.442 e. The summed E-state index contributed by atoms with van der Waals surface area (Å²) in [5.41, 5.74) is 5.91. The van der Waals surface area contributed by atoms with Crippen LogP contribution in [0.15, 0.2) is 33.8 Å². The summed E-state index contributed by atoms with van der Waals surface area (Å²) in [6, 6.07) is 7.19. The SMILES string of the molecule is CC(C)(C)OC(=O)N(CCO)/N=C(\N)c1ccc(Br)cc1. The van der Waals surface area contributed by atoms with Crippen molar-refractivity contribution in [2.75, 3.05) is 13.2 Å². The Morgan fingerprint density at radius 2 is 1.95 bits per heavy atom. The first kappa shape index (κ1) is 17.5. The molecule has 0 aliphatic heterocycles. The Kier molecular flexibility index (Phi) is 6.17. The van der Waals surface area contributed by atoms with Crippen molar-refractivity contribution in [3.05, 3.63) is 34.3 Å². The third kappa shape index (κ3) is 6.14.